The van der Waals surface area contributed by atoms with Crippen molar-refractivity contribution in [3.8, 4) is 5.75 Å². The van der Waals surface area contributed by atoms with Crippen LogP contribution in [0.2, 0.25) is 0 Å². The summed E-state index contributed by atoms with van der Waals surface area (Å²) in [4.78, 5) is 6.86. The zero-order chi connectivity index (χ0) is 18.2. The minimum absolute atomic E-state index is 0.755. The highest BCUT2D eigenvalue weighted by Gasteiger charge is 2.09. The molecule has 0 atom stereocenters. The van der Waals surface area contributed by atoms with E-state index in [9.17, 15) is 0 Å². The number of piperidine rings is 1. The standard InChI is InChI=1S/C21H30N4O/c1-22-21(23-10-13-25-11-4-3-5-12-25)24-16-17-6-7-19-15-20(26-2)9-8-18(19)14-17/h6-9,14-15H,3-5,10-13,16H2,1-2H3,(H2,22,23,24). The normalized spacial score (nSPS) is 15.8. The maximum atomic E-state index is 5.29. The fraction of sp³-hybridized carbons (Fsp3) is 0.476. The van der Waals surface area contributed by atoms with Crippen LogP contribution in [-0.4, -0.2) is 51.2 Å². The second-order valence-electron chi connectivity index (χ2n) is 6.80. The van der Waals surface area contributed by atoms with E-state index in [0.29, 0.717) is 0 Å². The number of nitrogens with one attached hydrogen (secondary N) is 2. The summed E-state index contributed by atoms with van der Waals surface area (Å²) in [5.74, 6) is 1.75. The van der Waals surface area contributed by atoms with Gasteiger partial charge in [0.15, 0.2) is 5.96 Å². The van der Waals surface area contributed by atoms with Crippen molar-refractivity contribution in [3.63, 3.8) is 0 Å². The van der Waals surface area contributed by atoms with Gasteiger partial charge in [-0.3, -0.25) is 4.99 Å². The van der Waals surface area contributed by atoms with Crippen molar-refractivity contribution in [1.29, 1.82) is 0 Å². The molecule has 140 valence electrons. The summed E-state index contributed by atoms with van der Waals surface area (Å²) >= 11 is 0. The third-order valence-corrected chi connectivity index (χ3v) is 4.96. The summed E-state index contributed by atoms with van der Waals surface area (Å²) in [6, 6.07) is 12.7. The summed E-state index contributed by atoms with van der Waals surface area (Å²) in [6.45, 7) is 5.23. The van der Waals surface area contributed by atoms with Gasteiger partial charge in [0, 0.05) is 26.7 Å². The Kier molecular flexibility index (Phi) is 6.72. The third-order valence-electron chi connectivity index (χ3n) is 4.96. The molecule has 0 radical (unpaired) electrons. The Morgan fingerprint density at radius 2 is 1.81 bits per heavy atom. The average Bonchev–Trinajstić information content (AvgIpc) is 2.70. The molecule has 1 heterocycles. The van der Waals surface area contributed by atoms with Crippen LogP contribution in [0.4, 0.5) is 0 Å². The van der Waals surface area contributed by atoms with Crippen molar-refractivity contribution in [3.05, 3.63) is 42.0 Å². The minimum atomic E-state index is 0.755. The van der Waals surface area contributed by atoms with Crippen LogP contribution in [0.5, 0.6) is 5.75 Å². The highest BCUT2D eigenvalue weighted by atomic mass is 16.5. The number of hydrogen-bond donors (Lipinski definition) is 2. The van der Waals surface area contributed by atoms with Crippen LogP contribution < -0.4 is 15.4 Å². The third kappa shape index (κ3) is 5.11. The van der Waals surface area contributed by atoms with Crippen LogP contribution in [0.15, 0.2) is 41.4 Å². The summed E-state index contributed by atoms with van der Waals surface area (Å²) < 4.78 is 5.29. The smallest absolute Gasteiger partial charge is 0.191 e. The molecule has 5 heteroatoms. The quantitative estimate of drug-likeness (QED) is 0.618. The van der Waals surface area contributed by atoms with Gasteiger partial charge in [0.2, 0.25) is 0 Å². The molecule has 0 aromatic heterocycles. The van der Waals surface area contributed by atoms with Crippen LogP contribution in [-0.2, 0) is 6.54 Å². The van der Waals surface area contributed by atoms with Crippen LogP contribution in [0.3, 0.4) is 0 Å². The highest BCUT2D eigenvalue weighted by Crippen LogP contribution is 2.21. The predicted molar refractivity (Wildman–Crippen MR) is 109 cm³/mol. The summed E-state index contributed by atoms with van der Waals surface area (Å²) in [5.41, 5.74) is 1.24. The van der Waals surface area contributed by atoms with E-state index in [1.54, 1.807) is 7.11 Å². The Labute approximate surface area is 156 Å². The van der Waals surface area contributed by atoms with Crippen molar-refractivity contribution >= 4 is 16.7 Å². The Morgan fingerprint density at radius 1 is 1.04 bits per heavy atom. The van der Waals surface area contributed by atoms with Crippen molar-refractivity contribution in [2.24, 2.45) is 4.99 Å². The average molecular weight is 354 g/mol. The predicted octanol–water partition coefficient (Wildman–Crippen LogP) is 3.00. The van der Waals surface area contributed by atoms with Gasteiger partial charge in [-0.05, 0) is 60.5 Å². The second kappa shape index (κ2) is 9.43. The van der Waals surface area contributed by atoms with Gasteiger partial charge in [-0.15, -0.1) is 0 Å². The van der Waals surface area contributed by atoms with Gasteiger partial charge < -0.3 is 20.3 Å². The molecule has 1 aliphatic rings. The number of ether oxygens (including phenoxy) is 1. The van der Waals surface area contributed by atoms with Crippen molar-refractivity contribution in [1.82, 2.24) is 15.5 Å². The molecule has 3 rings (SSSR count). The number of benzene rings is 2. The number of nitrogens with zero attached hydrogens (tertiary/aromatic N) is 2. The number of hydrogen-bond acceptors (Lipinski definition) is 3. The largest absolute Gasteiger partial charge is 0.497 e. The van der Waals surface area contributed by atoms with E-state index in [1.807, 2.05) is 13.1 Å². The topological polar surface area (TPSA) is 48.9 Å². The SMILES string of the molecule is CN=C(NCCN1CCCCC1)NCc1ccc2cc(OC)ccc2c1. The first kappa shape index (κ1) is 18.5. The maximum Gasteiger partial charge on any atom is 0.191 e. The van der Waals surface area contributed by atoms with Gasteiger partial charge in [-0.25, -0.2) is 0 Å². The molecule has 1 aliphatic heterocycles. The lowest BCUT2D eigenvalue weighted by Crippen LogP contribution is -2.42. The first-order chi connectivity index (χ1) is 12.8. The van der Waals surface area contributed by atoms with Gasteiger partial charge in [-0.1, -0.05) is 24.6 Å². The molecule has 0 saturated carbocycles. The van der Waals surface area contributed by atoms with Gasteiger partial charge in [-0.2, -0.15) is 0 Å². The van der Waals surface area contributed by atoms with Crippen LogP contribution >= 0.6 is 0 Å². The monoisotopic (exact) mass is 354 g/mol. The van der Waals surface area contributed by atoms with E-state index in [-0.39, 0.29) is 0 Å². The lowest BCUT2D eigenvalue weighted by Gasteiger charge is -2.26. The second-order valence-corrected chi connectivity index (χ2v) is 6.80. The van der Waals surface area contributed by atoms with E-state index >= 15 is 0 Å². The molecule has 0 aliphatic carbocycles. The number of rotatable bonds is 6. The zero-order valence-corrected chi connectivity index (χ0v) is 15.9. The molecule has 1 saturated heterocycles. The van der Waals surface area contributed by atoms with Gasteiger partial charge in [0.1, 0.15) is 5.75 Å². The van der Waals surface area contributed by atoms with Crippen LogP contribution in [0.1, 0.15) is 24.8 Å². The molecular weight excluding hydrogens is 324 g/mol. The van der Waals surface area contributed by atoms with Crippen LogP contribution in [0.25, 0.3) is 10.8 Å². The molecule has 0 spiro atoms. The molecule has 26 heavy (non-hydrogen) atoms. The minimum Gasteiger partial charge on any atom is -0.497 e. The van der Waals surface area contributed by atoms with E-state index < -0.39 is 0 Å². The molecule has 2 aromatic rings. The van der Waals surface area contributed by atoms with Crippen LogP contribution in [0, 0.1) is 0 Å². The van der Waals surface area contributed by atoms with E-state index in [2.05, 4.69) is 50.9 Å². The van der Waals surface area contributed by atoms with Gasteiger partial charge in [0.25, 0.3) is 0 Å². The number of aliphatic imine (C=N–C) groups is 1. The molecule has 1 fully saturated rings. The number of likely N-dealkylation sites (tertiary alicyclic amines) is 1. The van der Waals surface area contributed by atoms with Crippen molar-refractivity contribution < 1.29 is 4.74 Å². The highest BCUT2D eigenvalue weighted by molar-refractivity contribution is 5.85. The Hall–Kier alpha value is -2.27. The molecule has 2 N–H and O–H groups in total. The molecular formula is C21H30N4O. The lowest BCUT2D eigenvalue weighted by atomic mass is 10.1. The summed E-state index contributed by atoms with van der Waals surface area (Å²) in [5, 5.41) is 9.24. The van der Waals surface area contributed by atoms with Crippen molar-refractivity contribution in [2.45, 2.75) is 25.8 Å². The van der Waals surface area contributed by atoms with Gasteiger partial charge >= 0.3 is 0 Å². The summed E-state index contributed by atoms with van der Waals surface area (Å²) in [6.07, 6.45) is 4.05. The first-order valence-electron chi connectivity index (χ1n) is 9.52. The van der Waals surface area contributed by atoms with E-state index in [4.69, 9.17) is 4.74 Å². The molecule has 5 nitrogen and oxygen atoms in total. The lowest BCUT2D eigenvalue weighted by molar-refractivity contribution is 0.232. The molecule has 0 amide bonds. The Balaban J connectivity index is 1.49. The van der Waals surface area contributed by atoms with Gasteiger partial charge in [0.05, 0.1) is 7.11 Å². The number of methoxy groups -OCH3 is 1. The number of fused-ring (bicyclic) bond motifs is 1. The first-order valence-corrected chi connectivity index (χ1v) is 9.52. The molecule has 2 aromatic carbocycles. The fourth-order valence-electron chi connectivity index (χ4n) is 3.43. The number of guanidine groups is 1. The zero-order valence-electron chi connectivity index (χ0n) is 15.9. The summed E-state index contributed by atoms with van der Waals surface area (Å²) in [7, 11) is 3.52. The fourth-order valence-corrected chi connectivity index (χ4v) is 3.43. The van der Waals surface area contributed by atoms with E-state index in [1.165, 1.54) is 48.7 Å². The maximum absolute atomic E-state index is 5.29. The Morgan fingerprint density at radius 3 is 2.58 bits per heavy atom. The van der Waals surface area contributed by atoms with E-state index in [0.717, 1.165) is 31.3 Å². The van der Waals surface area contributed by atoms with Crippen molar-refractivity contribution in [2.75, 3.05) is 40.3 Å². The Bertz CT molecular complexity index is 738. The molecule has 0 unspecified atom stereocenters. The molecule has 0 bridgehead atoms.